The van der Waals surface area contributed by atoms with Gasteiger partial charge in [-0.1, -0.05) is 47.6 Å². The van der Waals surface area contributed by atoms with Crippen molar-refractivity contribution in [2.75, 3.05) is 6.61 Å². The van der Waals surface area contributed by atoms with Crippen molar-refractivity contribution in [1.29, 1.82) is 0 Å². The number of aliphatic hydroxyl groups excluding tert-OH is 1. The molecule has 0 aromatic rings. The van der Waals surface area contributed by atoms with Crippen LogP contribution in [0.5, 0.6) is 0 Å². The molecule has 0 radical (unpaired) electrons. The Hall–Kier alpha value is -0.203. The molecule has 5 heteroatoms. The molecule has 4 nitrogen and oxygen atoms in total. The van der Waals surface area contributed by atoms with E-state index in [1.807, 2.05) is 6.92 Å². The van der Waals surface area contributed by atoms with E-state index in [9.17, 15) is 5.11 Å². The first-order valence-corrected chi connectivity index (χ1v) is 11.0. The van der Waals surface area contributed by atoms with Crippen molar-refractivity contribution in [3.63, 3.8) is 0 Å². The fraction of sp³-hybridized carbons (Fsp3) is 0.889. The molecule has 0 bridgehead atoms. The van der Waals surface area contributed by atoms with Crippen LogP contribution >= 0.6 is 0 Å². The van der Waals surface area contributed by atoms with E-state index in [0.29, 0.717) is 29.7 Å². The second kappa shape index (κ2) is 8.25. The second-order valence-corrected chi connectivity index (χ2v) is 13.5. The molecule has 23 heavy (non-hydrogen) atoms. The average molecular weight is 345 g/mol. The van der Waals surface area contributed by atoms with Gasteiger partial charge in [0.1, 0.15) is 11.7 Å². The van der Waals surface area contributed by atoms with Crippen molar-refractivity contribution in [2.24, 2.45) is 0 Å². The highest BCUT2D eigenvalue weighted by Gasteiger charge is 2.46. The summed E-state index contributed by atoms with van der Waals surface area (Å²) in [4.78, 5) is 10.8. The summed E-state index contributed by atoms with van der Waals surface area (Å²) >= 11 is 0. The zero-order chi connectivity index (χ0) is 17.8. The summed E-state index contributed by atoms with van der Waals surface area (Å²) in [7, 11) is -1.86. The van der Waals surface area contributed by atoms with E-state index in [1.165, 1.54) is 0 Å². The summed E-state index contributed by atoms with van der Waals surface area (Å²) in [5.74, 6) is 0. The van der Waals surface area contributed by atoms with Gasteiger partial charge in [-0.2, -0.15) is 0 Å². The van der Waals surface area contributed by atoms with Crippen LogP contribution < -0.4 is 0 Å². The molecule has 0 amide bonds. The first kappa shape index (κ1) is 20.8. The first-order valence-electron chi connectivity index (χ1n) is 8.88. The Kier molecular flexibility index (Phi) is 7.48. The molecule has 1 aliphatic heterocycles. The normalized spacial score (nSPS) is 29.5. The predicted octanol–water partition coefficient (Wildman–Crippen LogP) is 4.59. The molecule has 136 valence electrons. The van der Waals surface area contributed by atoms with Crippen LogP contribution in [0.25, 0.3) is 0 Å². The van der Waals surface area contributed by atoms with Gasteiger partial charge in [-0.05, 0) is 23.5 Å². The van der Waals surface area contributed by atoms with Crippen molar-refractivity contribution in [3.05, 3.63) is 12.7 Å². The first-order chi connectivity index (χ1) is 10.6. The maximum atomic E-state index is 10.1. The van der Waals surface area contributed by atoms with Crippen LogP contribution in [0.1, 0.15) is 61.3 Å². The molecule has 1 unspecified atom stereocenters. The predicted molar refractivity (Wildman–Crippen MR) is 96.8 cm³/mol. The summed E-state index contributed by atoms with van der Waals surface area (Å²) in [6, 6.07) is 0. The van der Waals surface area contributed by atoms with Crippen molar-refractivity contribution in [2.45, 2.75) is 95.7 Å². The van der Waals surface area contributed by atoms with Crippen LogP contribution in [-0.4, -0.2) is 37.8 Å². The molecule has 1 heterocycles. The Morgan fingerprint density at radius 2 is 1.74 bits per heavy atom. The fourth-order valence-electron chi connectivity index (χ4n) is 4.11. The van der Waals surface area contributed by atoms with Crippen molar-refractivity contribution in [3.8, 4) is 0 Å². The molecule has 0 aliphatic carbocycles. The topological polar surface area (TPSA) is 47.9 Å². The summed E-state index contributed by atoms with van der Waals surface area (Å²) in [5, 5.41) is 10.1. The number of hydrogen-bond acceptors (Lipinski definition) is 4. The molecule has 1 fully saturated rings. The number of hydrogen-bond donors (Lipinski definition) is 1. The maximum Gasteiger partial charge on any atom is 0.200 e. The van der Waals surface area contributed by atoms with E-state index in [4.69, 9.17) is 14.2 Å². The standard InChI is InChI=1S/C18H36O4Si/c1-9-17-16(19)12-18(8,22-21-17)10-11-20-23(13(2)3,14(4)5)15(6)7/h9,13-17,19H,1,10-12H2,2-8H3/t16-,17+,18?/m0/s1. The van der Waals surface area contributed by atoms with E-state index in [0.717, 1.165) is 6.42 Å². The highest BCUT2D eigenvalue weighted by molar-refractivity contribution is 6.77. The SMILES string of the molecule is C=C[C@H]1OOC(C)(CCO[Si](C(C)C)(C(C)C)C(C)C)C[C@@H]1O. The highest BCUT2D eigenvalue weighted by atomic mass is 28.4. The molecular weight excluding hydrogens is 308 g/mol. The summed E-state index contributed by atoms with van der Waals surface area (Å²) in [6.07, 6.45) is 1.81. The fourth-order valence-corrected chi connectivity index (χ4v) is 9.57. The van der Waals surface area contributed by atoms with Gasteiger partial charge in [0.25, 0.3) is 0 Å². The molecule has 0 aromatic heterocycles. The Morgan fingerprint density at radius 3 is 2.13 bits per heavy atom. The monoisotopic (exact) mass is 344 g/mol. The minimum absolute atomic E-state index is 0.445. The molecular formula is C18H36O4Si. The van der Waals surface area contributed by atoms with Crippen molar-refractivity contribution < 1.29 is 19.3 Å². The second-order valence-electron chi connectivity index (χ2n) is 8.02. The van der Waals surface area contributed by atoms with E-state index in [-0.39, 0.29) is 0 Å². The largest absolute Gasteiger partial charge is 0.416 e. The number of rotatable bonds is 8. The van der Waals surface area contributed by atoms with Gasteiger partial charge in [-0.25, -0.2) is 9.78 Å². The Labute approximate surface area is 143 Å². The minimum atomic E-state index is -1.86. The van der Waals surface area contributed by atoms with Gasteiger partial charge in [0.05, 0.1) is 6.10 Å². The van der Waals surface area contributed by atoms with Crippen LogP contribution in [0.4, 0.5) is 0 Å². The lowest BCUT2D eigenvalue weighted by Gasteiger charge is -2.43. The smallest absolute Gasteiger partial charge is 0.200 e. The van der Waals surface area contributed by atoms with E-state index in [1.54, 1.807) is 6.08 Å². The molecule has 0 spiro atoms. The summed E-state index contributed by atoms with van der Waals surface area (Å²) in [6.45, 7) is 20.0. The third-order valence-corrected chi connectivity index (χ3v) is 11.4. The van der Waals surface area contributed by atoms with E-state index in [2.05, 4.69) is 48.1 Å². The third kappa shape index (κ3) is 4.66. The average Bonchev–Trinajstić information content (AvgIpc) is 2.42. The molecule has 1 rings (SSSR count). The van der Waals surface area contributed by atoms with Crippen LogP contribution in [0, 0.1) is 0 Å². The van der Waals surface area contributed by atoms with E-state index >= 15 is 0 Å². The van der Waals surface area contributed by atoms with Gasteiger partial charge in [0.2, 0.25) is 0 Å². The van der Waals surface area contributed by atoms with Crippen LogP contribution in [0.15, 0.2) is 12.7 Å². The minimum Gasteiger partial charge on any atom is -0.416 e. The van der Waals surface area contributed by atoms with Crippen LogP contribution in [0.3, 0.4) is 0 Å². The lowest BCUT2D eigenvalue weighted by atomic mass is 9.92. The highest BCUT2D eigenvalue weighted by Crippen LogP contribution is 2.42. The quantitative estimate of drug-likeness (QED) is 0.397. The molecule has 1 saturated heterocycles. The molecule has 0 saturated carbocycles. The van der Waals surface area contributed by atoms with Gasteiger partial charge in [0.15, 0.2) is 8.32 Å². The lowest BCUT2D eigenvalue weighted by Crippen LogP contribution is -2.50. The van der Waals surface area contributed by atoms with Crippen molar-refractivity contribution >= 4 is 8.32 Å². The molecule has 1 aliphatic rings. The number of aliphatic hydroxyl groups is 1. The zero-order valence-electron chi connectivity index (χ0n) is 16.0. The maximum absolute atomic E-state index is 10.1. The van der Waals surface area contributed by atoms with Gasteiger partial charge < -0.3 is 9.53 Å². The lowest BCUT2D eigenvalue weighted by molar-refractivity contribution is -0.414. The van der Waals surface area contributed by atoms with Gasteiger partial charge in [-0.3, -0.25) is 0 Å². The molecule has 3 atom stereocenters. The Bertz CT molecular complexity index is 361. The van der Waals surface area contributed by atoms with Crippen molar-refractivity contribution in [1.82, 2.24) is 0 Å². The Morgan fingerprint density at radius 1 is 1.22 bits per heavy atom. The van der Waals surface area contributed by atoms with Crippen LogP contribution in [0.2, 0.25) is 16.6 Å². The van der Waals surface area contributed by atoms with E-state index < -0.39 is 26.1 Å². The van der Waals surface area contributed by atoms with Gasteiger partial charge in [0, 0.05) is 19.4 Å². The molecule has 1 N–H and O–H groups in total. The Balaban J connectivity index is 2.68. The van der Waals surface area contributed by atoms with Crippen LogP contribution in [-0.2, 0) is 14.2 Å². The third-order valence-electron chi connectivity index (χ3n) is 5.30. The van der Waals surface area contributed by atoms with Gasteiger partial charge in [-0.15, -0.1) is 6.58 Å². The zero-order valence-corrected chi connectivity index (χ0v) is 17.0. The molecule has 0 aromatic carbocycles. The van der Waals surface area contributed by atoms with Gasteiger partial charge >= 0.3 is 0 Å². The summed E-state index contributed by atoms with van der Waals surface area (Å²) < 4.78 is 6.57. The summed E-state index contributed by atoms with van der Waals surface area (Å²) in [5.41, 5.74) is 1.18.